The molecule has 0 radical (unpaired) electrons. The number of nitrogens with zero attached hydrogens (tertiary/aromatic N) is 2. The minimum Gasteiger partial charge on any atom is -0.307 e. The van der Waals surface area contributed by atoms with Crippen LogP contribution in [0.15, 0.2) is 9.59 Å². The Bertz CT molecular complexity index is 785. The second kappa shape index (κ2) is 5.32. The number of aromatic nitrogens is 2. The van der Waals surface area contributed by atoms with Crippen molar-refractivity contribution < 1.29 is 4.39 Å². The Balaban J connectivity index is 3.05. The highest BCUT2D eigenvalue weighted by Crippen LogP contribution is 2.26. The zero-order chi connectivity index (χ0) is 15.0. The molecule has 0 aliphatic rings. The molecule has 0 atom stereocenters. The number of hydrogen-bond donors (Lipinski definition) is 1. The van der Waals surface area contributed by atoms with Gasteiger partial charge in [-0.25, -0.2) is 9.18 Å². The Labute approximate surface area is 118 Å². The molecule has 0 aliphatic carbocycles. The zero-order valence-electron chi connectivity index (χ0n) is 11.6. The van der Waals surface area contributed by atoms with Gasteiger partial charge in [0.2, 0.25) is 0 Å². The predicted octanol–water partition coefficient (Wildman–Crippen LogP) is 2.08. The van der Waals surface area contributed by atoms with Crippen LogP contribution in [-0.2, 0) is 6.54 Å². The molecule has 0 amide bonds. The maximum absolute atomic E-state index is 12.7. The highest BCUT2D eigenvalue weighted by Gasteiger charge is 2.20. The smallest absolute Gasteiger partial charge is 0.307 e. The minimum atomic E-state index is -0.678. The first-order chi connectivity index (χ1) is 9.43. The molecule has 0 bridgehead atoms. The number of alkyl halides is 1. The van der Waals surface area contributed by atoms with Crippen LogP contribution in [0.3, 0.4) is 0 Å². The van der Waals surface area contributed by atoms with Crippen molar-refractivity contribution in [2.75, 3.05) is 6.67 Å². The monoisotopic (exact) mass is 297 g/mol. The molecule has 0 aliphatic heterocycles. The molecule has 5 nitrogen and oxygen atoms in total. The molecule has 0 aromatic carbocycles. The Morgan fingerprint density at radius 2 is 2.05 bits per heavy atom. The summed E-state index contributed by atoms with van der Waals surface area (Å²) in [5.74, 6) is 0. The van der Waals surface area contributed by atoms with Gasteiger partial charge in [-0.15, -0.1) is 11.3 Å². The maximum Gasteiger partial charge on any atom is 0.332 e. The third-order valence-corrected chi connectivity index (χ3v) is 4.50. The van der Waals surface area contributed by atoms with E-state index >= 15 is 0 Å². The summed E-state index contributed by atoms with van der Waals surface area (Å²) in [4.78, 5) is 25.9. The first kappa shape index (κ1) is 14.6. The third-order valence-electron chi connectivity index (χ3n) is 3.24. The lowest BCUT2D eigenvalue weighted by atomic mass is 10.2. The summed E-state index contributed by atoms with van der Waals surface area (Å²) in [6.45, 7) is 4.47. The van der Waals surface area contributed by atoms with Gasteiger partial charge in [-0.3, -0.25) is 13.9 Å². The van der Waals surface area contributed by atoms with Crippen LogP contribution >= 0.6 is 11.3 Å². The van der Waals surface area contributed by atoms with Crippen molar-refractivity contribution in [1.29, 1.82) is 5.41 Å². The van der Waals surface area contributed by atoms with E-state index < -0.39 is 12.4 Å². The van der Waals surface area contributed by atoms with Crippen LogP contribution in [0.25, 0.3) is 10.2 Å². The van der Waals surface area contributed by atoms with Crippen molar-refractivity contribution in [2.24, 2.45) is 0 Å². The molecule has 2 rings (SSSR count). The highest BCUT2D eigenvalue weighted by atomic mass is 32.1. The zero-order valence-corrected chi connectivity index (χ0v) is 12.4. The van der Waals surface area contributed by atoms with E-state index in [1.165, 1.54) is 15.9 Å². The van der Waals surface area contributed by atoms with Crippen LogP contribution in [0, 0.1) is 12.3 Å². The van der Waals surface area contributed by atoms with Gasteiger partial charge in [0.1, 0.15) is 11.5 Å². The molecule has 0 spiro atoms. The highest BCUT2D eigenvalue weighted by molar-refractivity contribution is 7.20. The molecule has 1 N–H and O–H groups in total. The summed E-state index contributed by atoms with van der Waals surface area (Å²) in [7, 11) is 0. The Hall–Kier alpha value is -1.76. The van der Waals surface area contributed by atoms with Crippen molar-refractivity contribution >= 4 is 27.8 Å². The molecule has 0 saturated heterocycles. The van der Waals surface area contributed by atoms with E-state index in [1.807, 2.05) is 0 Å². The molecule has 0 unspecified atom stereocenters. The normalized spacial score (nSPS) is 11.4. The van der Waals surface area contributed by atoms with Crippen molar-refractivity contribution in [3.05, 3.63) is 31.3 Å². The Morgan fingerprint density at radius 1 is 1.40 bits per heavy atom. The summed E-state index contributed by atoms with van der Waals surface area (Å²) in [6, 6.07) is -0.298. The van der Waals surface area contributed by atoms with Crippen molar-refractivity contribution in [3.63, 3.8) is 0 Å². The van der Waals surface area contributed by atoms with Crippen LogP contribution in [0.4, 0.5) is 4.39 Å². The summed E-state index contributed by atoms with van der Waals surface area (Å²) in [5.41, 5.74) is -0.183. The fraction of sp³-hybridized carbons (Fsp3) is 0.462. The fourth-order valence-electron chi connectivity index (χ4n) is 2.26. The van der Waals surface area contributed by atoms with Gasteiger partial charge in [0.25, 0.3) is 5.56 Å². The average Bonchev–Trinajstić information content (AvgIpc) is 2.71. The molecule has 2 aromatic rings. The average molecular weight is 297 g/mol. The van der Waals surface area contributed by atoms with E-state index in [4.69, 9.17) is 5.41 Å². The van der Waals surface area contributed by atoms with Crippen LogP contribution in [0.2, 0.25) is 0 Å². The van der Waals surface area contributed by atoms with Crippen molar-refractivity contribution in [1.82, 2.24) is 9.13 Å². The lowest BCUT2D eigenvalue weighted by Gasteiger charge is -2.13. The van der Waals surface area contributed by atoms with E-state index in [-0.39, 0.29) is 18.1 Å². The molecular formula is C13H16FN3O2S. The lowest BCUT2D eigenvalue weighted by molar-refractivity contribution is 0.429. The molecule has 0 saturated carbocycles. The van der Waals surface area contributed by atoms with E-state index in [2.05, 4.69) is 0 Å². The van der Waals surface area contributed by atoms with Crippen LogP contribution < -0.4 is 11.2 Å². The molecule has 0 fully saturated rings. The molecular weight excluding hydrogens is 281 g/mol. The number of rotatable bonds is 4. The van der Waals surface area contributed by atoms with E-state index in [9.17, 15) is 14.0 Å². The van der Waals surface area contributed by atoms with Gasteiger partial charge in [0.15, 0.2) is 0 Å². The second-order valence-electron chi connectivity index (χ2n) is 4.81. The third kappa shape index (κ3) is 2.02. The number of aryl methyl sites for hydroxylation is 2. The number of hydrogen-bond acceptors (Lipinski definition) is 4. The largest absolute Gasteiger partial charge is 0.332 e. The summed E-state index contributed by atoms with van der Waals surface area (Å²) >= 11 is 1.18. The van der Waals surface area contributed by atoms with E-state index in [0.29, 0.717) is 20.7 Å². The number of nitrogens with one attached hydrogen (secondary N) is 1. The fourth-order valence-corrected chi connectivity index (χ4v) is 3.40. The van der Waals surface area contributed by atoms with Gasteiger partial charge in [-0.2, -0.15) is 0 Å². The molecule has 2 aromatic heterocycles. The van der Waals surface area contributed by atoms with E-state index in [1.54, 1.807) is 20.8 Å². The second-order valence-corrected chi connectivity index (χ2v) is 5.84. The van der Waals surface area contributed by atoms with Crippen LogP contribution in [0.1, 0.15) is 30.3 Å². The molecule has 7 heteroatoms. The Morgan fingerprint density at radius 3 is 2.55 bits per heavy atom. The SMILES string of the molecule is Cc1c(C=N)sc2c1c(=O)n(C(C)C)c(=O)n2CCF. The summed E-state index contributed by atoms with van der Waals surface area (Å²) in [6.07, 6.45) is 1.16. The molecule has 20 heavy (non-hydrogen) atoms. The van der Waals surface area contributed by atoms with Gasteiger partial charge in [0.05, 0.1) is 16.8 Å². The number of fused-ring (bicyclic) bond motifs is 1. The van der Waals surface area contributed by atoms with Gasteiger partial charge in [-0.1, -0.05) is 0 Å². The topological polar surface area (TPSA) is 67.8 Å². The van der Waals surface area contributed by atoms with Gasteiger partial charge in [0, 0.05) is 12.3 Å². The first-order valence-electron chi connectivity index (χ1n) is 6.28. The van der Waals surface area contributed by atoms with Gasteiger partial charge in [-0.05, 0) is 26.3 Å². The molecule has 108 valence electrons. The lowest BCUT2D eigenvalue weighted by Crippen LogP contribution is -2.41. The standard InChI is InChI=1S/C13H16FN3O2S/c1-7(2)17-11(18)10-8(3)9(6-15)20-12(10)16(5-4-14)13(17)19/h6-7,15H,4-5H2,1-3H3. The van der Waals surface area contributed by atoms with E-state index in [0.717, 1.165) is 10.8 Å². The van der Waals surface area contributed by atoms with Gasteiger partial charge < -0.3 is 5.41 Å². The van der Waals surface area contributed by atoms with Gasteiger partial charge >= 0.3 is 5.69 Å². The quantitative estimate of drug-likeness (QED) is 0.878. The van der Waals surface area contributed by atoms with Crippen molar-refractivity contribution in [3.8, 4) is 0 Å². The minimum absolute atomic E-state index is 0.0836. The van der Waals surface area contributed by atoms with Crippen LogP contribution in [-0.4, -0.2) is 22.0 Å². The summed E-state index contributed by atoms with van der Waals surface area (Å²) < 4.78 is 15.2. The number of thiophene rings is 1. The first-order valence-corrected chi connectivity index (χ1v) is 7.10. The predicted molar refractivity (Wildman–Crippen MR) is 79.3 cm³/mol. The number of halogens is 1. The van der Waals surface area contributed by atoms with Crippen LogP contribution in [0.5, 0.6) is 0 Å². The summed E-state index contributed by atoms with van der Waals surface area (Å²) in [5, 5.41) is 7.78. The maximum atomic E-state index is 12.7. The van der Waals surface area contributed by atoms with Crippen molar-refractivity contribution in [2.45, 2.75) is 33.4 Å². The molecule has 2 heterocycles. The Kier molecular flexibility index (Phi) is 3.89.